The molecule has 0 spiro atoms. The third-order valence-electron chi connectivity index (χ3n) is 3.42. The molecule has 3 rings (SSSR count). The molecule has 0 saturated carbocycles. The summed E-state index contributed by atoms with van der Waals surface area (Å²) in [5, 5.41) is 9.62. The molecule has 0 bridgehead atoms. The highest BCUT2D eigenvalue weighted by Crippen LogP contribution is 2.37. The number of aromatic hydroxyl groups is 1. The molecule has 0 amide bonds. The number of fused-ring (bicyclic) bond motifs is 1. The van der Waals surface area contributed by atoms with Crippen LogP contribution in [0.3, 0.4) is 0 Å². The van der Waals surface area contributed by atoms with Crippen LogP contribution in [0.2, 0.25) is 0 Å². The zero-order valence-corrected chi connectivity index (χ0v) is 12.1. The molecule has 5 nitrogen and oxygen atoms in total. The largest absolute Gasteiger partial charge is 0.504 e. The number of phenols is 1. The predicted octanol–water partition coefficient (Wildman–Crippen LogP) is 3.08. The van der Waals surface area contributed by atoms with Crippen molar-refractivity contribution in [1.82, 2.24) is 0 Å². The lowest BCUT2D eigenvalue weighted by Crippen LogP contribution is -1.97. The maximum atomic E-state index is 12.0. The molecule has 0 aliphatic carbocycles. The highest BCUT2D eigenvalue weighted by Gasteiger charge is 2.29. The quantitative estimate of drug-likeness (QED) is 0.882. The number of esters is 1. The van der Waals surface area contributed by atoms with E-state index in [0.717, 1.165) is 5.56 Å². The second-order valence-electron chi connectivity index (χ2n) is 4.71. The van der Waals surface area contributed by atoms with Crippen LogP contribution in [-0.4, -0.2) is 25.3 Å². The van der Waals surface area contributed by atoms with E-state index in [4.69, 9.17) is 14.2 Å². The number of cyclic esters (lactones) is 1. The number of phenolic OH excluding ortho intramolecular Hbond substituents is 1. The second kappa shape index (κ2) is 5.44. The third-order valence-corrected chi connectivity index (χ3v) is 3.42. The monoisotopic (exact) mass is 298 g/mol. The fourth-order valence-corrected chi connectivity index (χ4v) is 2.37. The summed E-state index contributed by atoms with van der Waals surface area (Å²) in [5.41, 5.74) is 1.84. The highest BCUT2D eigenvalue weighted by molar-refractivity contribution is 6.07. The average Bonchev–Trinajstić information content (AvgIpc) is 2.85. The molecular formula is C17H14O5. The number of methoxy groups -OCH3 is 2. The smallest absolute Gasteiger partial charge is 0.348 e. The van der Waals surface area contributed by atoms with Crippen molar-refractivity contribution in [1.29, 1.82) is 0 Å². The summed E-state index contributed by atoms with van der Waals surface area (Å²) < 4.78 is 15.6. The van der Waals surface area contributed by atoms with E-state index >= 15 is 0 Å². The van der Waals surface area contributed by atoms with Crippen LogP contribution < -0.4 is 9.47 Å². The lowest BCUT2D eigenvalue weighted by molar-refractivity contribution is 0.0714. The van der Waals surface area contributed by atoms with Gasteiger partial charge in [0.1, 0.15) is 17.1 Å². The topological polar surface area (TPSA) is 65.0 Å². The summed E-state index contributed by atoms with van der Waals surface area (Å²) in [6, 6.07) is 10.2. The van der Waals surface area contributed by atoms with E-state index in [1.54, 1.807) is 36.4 Å². The molecule has 0 unspecified atom stereocenters. The Bertz CT molecular complexity index is 777. The molecule has 0 radical (unpaired) electrons. The van der Waals surface area contributed by atoms with Gasteiger partial charge in [-0.3, -0.25) is 0 Å². The fourth-order valence-electron chi connectivity index (χ4n) is 2.37. The van der Waals surface area contributed by atoms with Gasteiger partial charge in [0.05, 0.1) is 14.2 Å². The van der Waals surface area contributed by atoms with Gasteiger partial charge in [0.25, 0.3) is 0 Å². The van der Waals surface area contributed by atoms with Crippen molar-refractivity contribution in [3.63, 3.8) is 0 Å². The first kappa shape index (κ1) is 14.0. The fraction of sp³-hybridized carbons (Fsp3) is 0.118. The zero-order valence-electron chi connectivity index (χ0n) is 12.1. The van der Waals surface area contributed by atoms with Gasteiger partial charge >= 0.3 is 5.97 Å². The lowest BCUT2D eigenvalue weighted by atomic mass is 10.1. The van der Waals surface area contributed by atoms with Crippen molar-refractivity contribution in [2.75, 3.05) is 14.2 Å². The van der Waals surface area contributed by atoms with E-state index in [1.807, 2.05) is 0 Å². The minimum absolute atomic E-state index is 0.0511. The average molecular weight is 298 g/mol. The summed E-state index contributed by atoms with van der Waals surface area (Å²) in [6.07, 6.45) is 1.71. The van der Waals surface area contributed by atoms with Crippen molar-refractivity contribution in [2.24, 2.45) is 0 Å². The Kier molecular flexibility index (Phi) is 3.47. The summed E-state index contributed by atoms with van der Waals surface area (Å²) in [5.74, 6) is 0.880. The summed E-state index contributed by atoms with van der Waals surface area (Å²) in [4.78, 5) is 12.0. The molecule has 1 N–H and O–H groups in total. The molecule has 1 heterocycles. The second-order valence-corrected chi connectivity index (χ2v) is 4.71. The minimum atomic E-state index is -0.440. The molecule has 112 valence electrons. The van der Waals surface area contributed by atoms with Crippen LogP contribution in [0.5, 0.6) is 17.2 Å². The number of ether oxygens (including phenoxy) is 3. The first-order chi connectivity index (χ1) is 10.6. The van der Waals surface area contributed by atoms with Gasteiger partial charge in [-0.2, -0.15) is 0 Å². The Morgan fingerprint density at radius 3 is 2.59 bits per heavy atom. The highest BCUT2D eigenvalue weighted by atomic mass is 16.5. The van der Waals surface area contributed by atoms with E-state index in [-0.39, 0.29) is 5.75 Å². The van der Waals surface area contributed by atoms with E-state index in [0.29, 0.717) is 28.4 Å². The number of carbonyl (C=O) groups is 1. The first-order valence-electron chi connectivity index (χ1n) is 6.62. The van der Waals surface area contributed by atoms with Gasteiger partial charge in [0, 0.05) is 5.56 Å². The normalized spacial score (nSPS) is 14.6. The Labute approximate surface area is 127 Å². The van der Waals surface area contributed by atoms with Gasteiger partial charge in [-0.15, -0.1) is 0 Å². The summed E-state index contributed by atoms with van der Waals surface area (Å²) in [6.45, 7) is 0. The van der Waals surface area contributed by atoms with E-state index in [1.165, 1.54) is 20.3 Å². The summed E-state index contributed by atoms with van der Waals surface area (Å²) in [7, 11) is 2.98. The maximum Gasteiger partial charge on any atom is 0.348 e. The van der Waals surface area contributed by atoms with Crippen LogP contribution in [-0.2, 0) is 4.74 Å². The Balaban J connectivity index is 2.07. The van der Waals surface area contributed by atoms with Crippen LogP contribution in [0.4, 0.5) is 0 Å². The number of hydrogen-bond donors (Lipinski definition) is 1. The molecule has 2 aromatic rings. The van der Waals surface area contributed by atoms with Gasteiger partial charge in [0.2, 0.25) is 0 Å². The molecule has 1 aliphatic rings. The van der Waals surface area contributed by atoms with Gasteiger partial charge in [-0.1, -0.05) is 18.2 Å². The molecule has 0 atom stereocenters. The third kappa shape index (κ3) is 2.26. The van der Waals surface area contributed by atoms with E-state index < -0.39 is 5.97 Å². The lowest BCUT2D eigenvalue weighted by Gasteiger charge is -2.05. The van der Waals surface area contributed by atoms with E-state index in [9.17, 15) is 9.90 Å². The number of hydrogen-bond acceptors (Lipinski definition) is 5. The van der Waals surface area contributed by atoms with Crippen molar-refractivity contribution < 1.29 is 24.1 Å². The number of rotatable bonds is 3. The van der Waals surface area contributed by atoms with Crippen molar-refractivity contribution in [3.8, 4) is 17.2 Å². The van der Waals surface area contributed by atoms with Crippen molar-refractivity contribution in [2.45, 2.75) is 0 Å². The van der Waals surface area contributed by atoms with Crippen molar-refractivity contribution in [3.05, 3.63) is 53.1 Å². The SMILES string of the molecule is COc1cc(/C=C2/OC(=O)c3c(OC)cccc32)ccc1O. The van der Waals surface area contributed by atoms with Crippen LogP contribution in [0.25, 0.3) is 11.8 Å². The Morgan fingerprint density at radius 2 is 1.86 bits per heavy atom. The van der Waals surface area contributed by atoms with Gasteiger partial charge < -0.3 is 19.3 Å². The van der Waals surface area contributed by atoms with Crippen LogP contribution >= 0.6 is 0 Å². The van der Waals surface area contributed by atoms with Crippen LogP contribution in [0.1, 0.15) is 21.5 Å². The standard InChI is InChI=1S/C17H14O5/c1-20-13-5-3-4-11-14(22-17(19)16(11)13)8-10-6-7-12(18)15(9-10)21-2/h3-9,18H,1-2H3/b14-8+. The van der Waals surface area contributed by atoms with Crippen molar-refractivity contribution >= 4 is 17.8 Å². The molecule has 0 fully saturated rings. The molecule has 1 aliphatic heterocycles. The van der Waals surface area contributed by atoms with E-state index in [2.05, 4.69) is 0 Å². The predicted molar refractivity (Wildman–Crippen MR) is 80.9 cm³/mol. The minimum Gasteiger partial charge on any atom is -0.504 e. The molecule has 0 aromatic heterocycles. The molecular weight excluding hydrogens is 284 g/mol. The molecule has 22 heavy (non-hydrogen) atoms. The zero-order chi connectivity index (χ0) is 15.7. The first-order valence-corrected chi connectivity index (χ1v) is 6.62. The van der Waals surface area contributed by atoms with Crippen LogP contribution in [0, 0.1) is 0 Å². The Hall–Kier alpha value is -2.95. The number of benzene rings is 2. The number of carbonyl (C=O) groups excluding carboxylic acids is 1. The molecule has 0 saturated heterocycles. The molecule has 2 aromatic carbocycles. The van der Waals surface area contributed by atoms with Crippen LogP contribution in [0.15, 0.2) is 36.4 Å². The maximum absolute atomic E-state index is 12.0. The summed E-state index contributed by atoms with van der Waals surface area (Å²) >= 11 is 0. The molecule has 5 heteroatoms. The Morgan fingerprint density at radius 1 is 1.09 bits per heavy atom. The van der Waals surface area contributed by atoms with Gasteiger partial charge in [-0.05, 0) is 29.8 Å². The van der Waals surface area contributed by atoms with Gasteiger partial charge in [-0.25, -0.2) is 4.79 Å². The van der Waals surface area contributed by atoms with Gasteiger partial charge in [0.15, 0.2) is 11.5 Å².